The molecule has 0 spiro atoms. The Balaban J connectivity index is 0.00000256. The van der Waals surface area contributed by atoms with Crippen LogP contribution in [0.2, 0.25) is 0 Å². The summed E-state index contributed by atoms with van der Waals surface area (Å²) >= 11 is 0. The summed E-state index contributed by atoms with van der Waals surface area (Å²) in [5.41, 5.74) is 2.49. The van der Waals surface area contributed by atoms with E-state index in [9.17, 15) is 9.59 Å². The van der Waals surface area contributed by atoms with Crippen LogP contribution in [0, 0.1) is 0 Å². The number of carbonyl (C=O) groups is 2. The average Bonchev–Trinajstić information content (AvgIpc) is 3.07. The third-order valence-corrected chi connectivity index (χ3v) is 5.95. The number of nitrogens with zero attached hydrogens (tertiary/aromatic N) is 3. The van der Waals surface area contributed by atoms with Crippen LogP contribution in [0.15, 0.2) is 48.5 Å². The van der Waals surface area contributed by atoms with Crippen LogP contribution >= 0.6 is 12.4 Å². The van der Waals surface area contributed by atoms with Crippen molar-refractivity contribution in [2.75, 3.05) is 43.9 Å². The first-order valence-electron chi connectivity index (χ1n) is 10.3. The lowest BCUT2D eigenvalue weighted by molar-refractivity contribution is -0.118. The molecule has 0 aliphatic carbocycles. The molecule has 6 nitrogen and oxygen atoms in total. The quantitative estimate of drug-likeness (QED) is 0.787. The van der Waals surface area contributed by atoms with Crippen LogP contribution in [0.3, 0.4) is 0 Å². The maximum atomic E-state index is 13.4. The van der Waals surface area contributed by atoms with Crippen LogP contribution in [0.5, 0.6) is 0 Å². The Kier molecular flexibility index (Phi) is 7.13. The molecule has 1 atom stereocenters. The van der Waals surface area contributed by atoms with Crippen molar-refractivity contribution in [3.63, 3.8) is 0 Å². The number of nitrogens with one attached hydrogen (secondary N) is 1. The second kappa shape index (κ2) is 9.60. The second-order valence-corrected chi connectivity index (χ2v) is 8.02. The highest BCUT2D eigenvalue weighted by Crippen LogP contribution is 2.37. The maximum Gasteiger partial charge on any atom is 0.257 e. The molecule has 30 heavy (non-hydrogen) atoms. The molecule has 0 radical (unpaired) electrons. The van der Waals surface area contributed by atoms with E-state index in [1.807, 2.05) is 49.5 Å². The molecule has 2 aliphatic heterocycles. The van der Waals surface area contributed by atoms with E-state index in [1.54, 1.807) is 11.0 Å². The predicted octanol–water partition coefficient (Wildman–Crippen LogP) is 3.75. The number of carbonyl (C=O) groups excluding carboxylic acids is 2. The number of fused-ring (bicyclic) bond motifs is 2. The van der Waals surface area contributed by atoms with Crippen LogP contribution in [0.25, 0.3) is 0 Å². The van der Waals surface area contributed by atoms with Crippen molar-refractivity contribution in [1.29, 1.82) is 0 Å². The van der Waals surface area contributed by atoms with Gasteiger partial charge in [-0.3, -0.25) is 19.4 Å². The van der Waals surface area contributed by atoms with Crippen LogP contribution < -0.4 is 10.2 Å². The Morgan fingerprint density at radius 1 is 1.13 bits per heavy atom. The normalized spacial score (nSPS) is 18.3. The van der Waals surface area contributed by atoms with Crippen molar-refractivity contribution >= 4 is 41.3 Å². The van der Waals surface area contributed by atoms with Crippen molar-refractivity contribution in [3.8, 4) is 0 Å². The molecule has 2 aromatic rings. The first-order chi connectivity index (χ1) is 14.0. The van der Waals surface area contributed by atoms with Gasteiger partial charge in [0, 0.05) is 6.04 Å². The number of amides is 2. The highest BCUT2D eigenvalue weighted by Gasteiger charge is 2.29. The van der Waals surface area contributed by atoms with Crippen molar-refractivity contribution in [3.05, 3.63) is 54.1 Å². The number of benzene rings is 2. The molecule has 2 amide bonds. The minimum absolute atomic E-state index is 0. The number of anilines is 3. The number of likely N-dealkylation sites (N-methyl/N-ethyl adjacent to an activating group) is 1. The number of halogens is 1. The minimum Gasteiger partial charge on any atom is -0.320 e. The number of rotatable bonds is 5. The lowest BCUT2D eigenvalue weighted by Crippen LogP contribution is -2.38. The largest absolute Gasteiger partial charge is 0.320 e. The summed E-state index contributed by atoms with van der Waals surface area (Å²) in [6.07, 6.45) is 3.55. The van der Waals surface area contributed by atoms with Crippen LogP contribution in [-0.4, -0.2) is 61.4 Å². The molecule has 4 rings (SSSR count). The standard InChI is InChI=1S/C23H28N4O2.ClH/c1-25(15-13-17-8-7-14-26(17)2)16-22(28)27-20-11-5-3-9-18(20)23(29)24-19-10-4-6-12-21(19)27;/h3-6,9-12,17H,7-8,13-16H2,1-2H3,(H,24,29);1H. The minimum atomic E-state index is -0.194. The molecule has 1 fully saturated rings. The van der Waals surface area contributed by atoms with E-state index in [0.717, 1.165) is 19.5 Å². The average molecular weight is 429 g/mol. The summed E-state index contributed by atoms with van der Waals surface area (Å²) in [5.74, 6) is -0.232. The Labute approximate surface area is 184 Å². The molecule has 1 N–H and O–H groups in total. The summed E-state index contributed by atoms with van der Waals surface area (Å²) in [4.78, 5) is 32.2. The molecular weight excluding hydrogens is 400 g/mol. The molecule has 1 saturated heterocycles. The van der Waals surface area contributed by atoms with Crippen molar-refractivity contribution < 1.29 is 9.59 Å². The molecule has 2 heterocycles. The molecule has 0 aromatic heterocycles. The molecule has 0 saturated carbocycles. The van der Waals surface area contributed by atoms with E-state index in [4.69, 9.17) is 0 Å². The van der Waals surface area contributed by atoms with Crippen LogP contribution in [0.4, 0.5) is 17.1 Å². The zero-order valence-corrected chi connectivity index (χ0v) is 18.3. The number of hydrogen-bond acceptors (Lipinski definition) is 4. The van der Waals surface area contributed by atoms with E-state index in [2.05, 4.69) is 22.2 Å². The van der Waals surface area contributed by atoms with Gasteiger partial charge in [0.25, 0.3) is 5.91 Å². The fourth-order valence-corrected chi connectivity index (χ4v) is 4.32. The van der Waals surface area contributed by atoms with Crippen LogP contribution in [0.1, 0.15) is 29.6 Å². The summed E-state index contributed by atoms with van der Waals surface area (Å²) in [6.45, 7) is 2.33. The van der Waals surface area contributed by atoms with Crippen molar-refractivity contribution in [2.24, 2.45) is 0 Å². The van der Waals surface area contributed by atoms with E-state index in [1.165, 1.54) is 12.8 Å². The molecule has 2 aromatic carbocycles. The number of para-hydroxylation sites is 3. The van der Waals surface area contributed by atoms with Crippen LogP contribution in [-0.2, 0) is 4.79 Å². The van der Waals surface area contributed by atoms with Gasteiger partial charge in [-0.2, -0.15) is 0 Å². The van der Waals surface area contributed by atoms with Gasteiger partial charge in [-0.15, -0.1) is 12.4 Å². The highest BCUT2D eigenvalue weighted by molar-refractivity contribution is 6.17. The molecule has 1 unspecified atom stereocenters. The smallest absolute Gasteiger partial charge is 0.257 e. The van der Waals surface area contributed by atoms with E-state index >= 15 is 0 Å². The molecular formula is C23H29ClN4O2. The molecule has 160 valence electrons. The van der Waals surface area contributed by atoms with Gasteiger partial charge >= 0.3 is 0 Å². The van der Waals surface area contributed by atoms with Crippen molar-refractivity contribution in [2.45, 2.75) is 25.3 Å². The molecule has 0 bridgehead atoms. The summed E-state index contributed by atoms with van der Waals surface area (Å²) < 4.78 is 0. The van der Waals surface area contributed by atoms with E-state index in [0.29, 0.717) is 35.2 Å². The highest BCUT2D eigenvalue weighted by atomic mass is 35.5. The third-order valence-electron chi connectivity index (χ3n) is 5.95. The van der Waals surface area contributed by atoms with Gasteiger partial charge in [0.15, 0.2) is 0 Å². The zero-order valence-electron chi connectivity index (χ0n) is 17.5. The monoisotopic (exact) mass is 428 g/mol. The lowest BCUT2D eigenvalue weighted by Gasteiger charge is -2.27. The predicted molar refractivity (Wildman–Crippen MR) is 123 cm³/mol. The van der Waals surface area contributed by atoms with E-state index in [-0.39, 0.29) is 24.2 Å². The third kappa shape index (κ3) is 4.51. The Morgan fingerprint density at radius 3 is 2.57 bits per heavy atom. The first-order valence-corrected chi connectivity index (χ1v) is 10.3. The Hall–Kier alpha value is -2.41. The fraction of sp³-hybridized carbons (Fsp3) is 0.391. The van der Waals surface area contributed by atoms with Crippen molar-refractivity contribution in [1.82, 2.24) is 9.80 Å². The Bertz CT molecular complexity index is 920. The number of hydrogen-bond donors (Lipinski definition) is 1. The van der Waals surface area contributed by atoms with Gasteiger partial charge in [0.2, 0.25) is 5.91 Å². The molecule has 7 heteroatoms. The maximum absolute atomic E-state index is 13.4. The summed E-state index contributed by atoms with van der Waals surface area (Å²) in [7, 11) is 4.17. The van der Waals surface area contributed by atoms with Gasteiger partial charge in [0.05, 0.1) is 29.2 Å². The SMILES string of the molecule is CN(CCC1CCCN1C)CC(=O)N1c2ccccc2NC(=O)c2ccccc21.Cl. The van der Waals surface area contributed by atoms with E-state index < -0.39 is 0 Å². The first kappa shape index (κ1) is 22.3. The van der Waals surface area contributed by atoms with Gasteiger partial charge in [-0.25, -0.2) is 0 Å². The molecule has 2 aliphatic rings. The summed E-state index contributed by atoms with van der Waals surface area (Å²) in [6, 6.07) is 15.3. The summed E-state index contributed by atoms with van der Waals surface area (Å²) in [5, 5.41) is 2.93. The topological polar surface area (TPSA) is 55.9 Å². The fourth-order valence-electron chi connectivity index (χ4n) is 4.32. The zero-order chi connectivity index (χ0) is 20.4. The van der Waals surface area contributed by atoms with Gasteiger partial charge in [-0.05, 0) is 70.7 Å². The second-order valence-electron chi connectivity index (χ2n) is 8.02. The van der Waals surface area contributed by atoms with Gasteiger partial charge < -0.3 is 10.2 Å². The number of likely N-dealkylation sites (tertiary alicyclic amines) is 1. The Morgan fingerprint density at radius 2 is 1.83 bits per heavy atom. The van der Waals surface area contributed by atoms with Gasteiger partial charge in [0.1, 0.15) is 0 Å². The van der Waals surface area contributed by atoms with Gasteiger partial charge in [-0.1, -0.05) is 24.3 Å². The lowest BCUT2D eigenvalue weighted by atomic mass is 10.1.